The molecule has 3 aromatic heterocycles. The van der Waals surface area contributed by atoms with Crippen LogP contribution >= 0.6 is 22.7 Å². The summed E-state index contributed by atoms with van der Waals surface area (Å²) in [4.78, 5) is 2.50. The first kappa shape index (κ1) is 36.9. The van der Waals surface area contributed by atoms with Gasteiger partial charge in [-0.3, -0.25) is 0 Å². The molecule has 0 N–H and O–H groups in total. The number of benzene rings is 10. The van der Waals surface area contributed by atoms with Crippen LogP contribution in [0.2, 0.25) is 0 Å². The Balaban J connectivity index is 1.11. The smallest absolute Gasteiger partial charge is 0.0561 e. The molecule has 0 saturated heterocycles. The summed E-state index contributed by atoms with van der Waals surface area (Å²) in [6.07, 6.45) is 0. The third kappa shape index (κ3) is 5.91. The fourth-order valence-electron chi connectivity index (χ4n) is 9.86. The van der Waals surface area contributed by atoms with Crippen LogP contribution in [-0.2, 0) is 0 Å². The molecule has 2 nitrogen and oxygen atoms in total. The number of rotatable bonds is 7. The van der Waals surface area contributed by atoms with Gasteiger partial charge in [0.2, 0.25) is 0 Å². The second-order valence-electron chi connectivity index (χ2n) is 16.4. The molecule has 10 aromatic carbocycles. The summed E-state index contributed by atoms with van der Waals surface area (Å²) in [6, 6.07) is 84.8. The van der Waals surface area contributed by atoms with Gasteiger partial charge in [-0.2, -0.15) is 0 Å². The Morgan fingerprint density at radius 3 is 1.56 bits per heavy atom. The molecule has 13 aromatic rings. The maximum Gasteiger partial charge on any atom is 0.0561 e. The van der Waals surface area contributed by atoms with Crippen molar-refractivity contribution in [3.63, 3.8) is 0 Å². The highest BCUT2D eigenvalue weighted by Crippen LogP contribution is 2.49. The molecule has 0 amide bonds. The van der Waals surface area contributed by atoms with E-state index in [1.807, 2.05) is 22.7 Å². The van der Waals surface area contributed by atoms with Gasteiger partial charge in [-0.15, -0.1) is 22.7 Å². The average molecular weight is 851 g/mol. The van der Waals surface area contributed by atoms with Crippen LogP contribution in [0.25, 0.3) is 101 Å². The minimum Gasteiger partial charge on any atom is -0.310 e. The molecular weight excluding hydrogens is 813 g/mol. The number of anilines is 3. The van der Waals surface area contributed by atoms with Gasteiger partial charge in [0.15, 0.2) is 0 Å². The van der Waals surface area contributed by atoms with Gasteiger partial charge in [-0.1, -0.05) is 170 Å². The van der Waals surface area contributed by atoms with Crippen molar-refractivity contribution in [3.8, 4) is 39.1 Å². The van der Waals surface area contributed by atoms with E-state index in [9.17, 15) is 0 Å². The molecule has 13 rings (SSSR count). The topological polar surface area (TPSA) is 8.17 Å². The van der Waals surface area contributed by atoms with Gasteiger partial charge in [-0.05, 0) is 82.9 Å². The van der Waals surface area contributed by atoms with Crippen LogP contribution in [0.5, 0.6) is 0 Å². The summed E-state index contributed by atoms with van der Waals surface area (Å²) in [5, 5.41) is 7.65. The highest BCUT2D eigenvalue weighted by molar-refractivity contribution is 7.26. The normalized spacial score (nSPS) is 11.8. The zero-order valence-corrected chi connectivity index (χ0v) is 36.3. The lowest BCUT2D eigenvalue weighted by atomic mass is 9.95. The van der Waals surface area contributed by atoms with Gasteiger partial charge in [0.05, 0.1) is 16.7 Å². The molecule has 0 spiro atoms. The lowest BCUT2D eigenvalue weighted by Crippen LogP contribution is -2.12. The summed E-state index contributed by atoms with van der Waals surface area (Å²) >= 11 is 3.77. The van der Waals surface area contributed by atoms with E-state index in [-0.39, 0.29) is 0 Å². The molecule has 0 aliphatic heterocycles. The van der Waals surface area contributed by atoms with E-state index in [0.29, 0.717) is 0 Å². The molecule has 3 heterocycles. The maximum absolute atomic E-state index is 2.50. The zero-order valence-electron chi connectivity index (χ0n) is 34.7. The summed E-state index contributed by atoms with van der Waals surface area (Å²) in [5.41, 5.74) is 14.0. The van der Waals surface area contributed by atoms with Crippen molar-refractivity contribution in [1.82, 2.24) is 4.57 Å². The minimum absolute atomic E-state index is 1.09. The predicted molar refractivity (Wildman–Crippen MR) is 278 cm³/mol. The molecule has 0 aliphatic rings. The predicted octanol–water partition coefficient (Wildman–Crippen LogP) is 18.0. The molecule has 0 atom stereocenters. The number of thiophene rings is 2. The lowest BCUT2D eigenvalue weighted by molar-refractivity contribution is 1.18. The molecular formula is C60H38N2S2. The number of fused-ring (bicyclic) bond motifs is 9. The maximum atomic E-state index is 2.50. The summed E-state index contributed by atoms with van der Waals surface area (Å²) in [6.45, 7) is 0. The van der Waals surface area contributed by atoms with Crippen LogP contribution in [0.15, 0.2) is 231 Å². The van der Waals surface area contributed by atoms with Crippen molar-refractivity contribution < 1.29 is 0 Å². The van der Waals surface area contributed by atoms with Crippen LogP contribution in [0.3, 0.4) is 0 Å². The Kier molecular flexibility index (Phi) is 8.61. The van der Waals surface area contributed by atoms with Crippen molar-refractivity contribution >= 4 is 102 Å². The van der Waals surface area contributed by atoms with Crippen molar-refractivity contribution in [2.45, 2.75) is 0 Å². The van der Waals surface area contributed by atoms with E-state index < -0.39 is 0 Å². The summed E-state index contributed by atoms with van der Waals surface area (Å²) < 4.78 is 7.62. The van der Waals surface area contributed by atoms with Crippen molar-refractivity contribution in [2.75, 3.05) is 4.90 Å². The van der Waals surface area contributed by atoms with Crippen LogP contribution in [0.1, 0.15) is 0 Å². The number of nitrogens with zero attached hydrogens (tertiary/aromatic N) is 2. The Morgan fingerprint density at radius 1 is 0.312 bits per heavy atom. The standard InChI is InChI=1S/C60H38N2S2/c1-3-15-39(16-4-1)40-29-32-43(33-30-40)61(44-34-36-47-46-19-7-10-26-54(46)62(56(47)38-44)42-17-5-2-6-18-42)55-37-41(45-22-13-24-52-49-20-8-11-27-57(49)63-59(45)52)31-35-48(55)51-23-14-25-53-50-21-9-12-28-58(50)64-60(51)53/h1-38H. The van der Waals surface area contributed by atoms with Gasteiger partial charge in [0.25, 0.3) is 0 Å². The number of hydrogen-bond donors (Lipinski definition) is 0. The minimum atomic E-state index is 1.09. The SMILES string of the molecule is c1ccc(-c2ccc(N(c3ccc4c5ccccc5n(-c5ccccc5)c4c3)c3cc(-c4cccc5c4sc4ccccc45)ccc3-c3cccc4c3sc3ccccc34)cc2)cc1. The lowest BCUT2D eigenvalue weighted by Gasteiger charge is -2.29. The van der Waals surface area contributed by atoms with E-state index in [4.69, 9.17) is 0 Å². The Hall–Kier alpha value is -7.76. The van der Waals surface area contributed by atoms with Crippen LogP contribution in [-0.4, -0.2) is 4.57 Å². The first-order valence-electron chi connectivity index (χ1n) is 21.7. The second-order valence-corrected chi connectivity index (χ2v) is 18.5. The summed E-state index contributed by atoms with van der Waals surface area (Å²) in [5.74, 6) is 0. The Morgan fingerprint density at radius 2 is 0.844 bits per heavy atom. The van der Waals surface area contributed by atoms with E-state index in [0.717, 1.165) is 28.3 Å². The van der Waals surface area contributed by atoms with Gasteiger partial charge >= 0.3 is 0 Å². The Labute approximate surface area is 378 Å². The van der Waals surface area contributed by atoms with Crippen LogP contribution < -0.4 is 4.90 Å². The molecule has 0 aliphatic carbocycles. The average Bonchev–Trinajstić information content (AvgIpc) is 4.05. The fraction of sp³-hybridized carbons (Fsp3) is 0. The van der Waals surface area contributed by atoms with E-state index in [2.05, 4.69) is 240 Å². The Bertz CT molecular complexity index is 3890. The van der Waals surface area contributed by atoms with E-state index >= 15 is 0 Å². The second kappa shape index (κ2) is 15.0. The van der Waals surface area contributed by atoms with Crippen molar-refractivity contribution in [3.05, 3.63) is 231 Å². The number of para-hydroxylation sites is 2. The molecule has 0 bridgehead atoms. The highest BCUT2D eigenvalue weighted by Gasteiger charge is 2.23. The van der Waals surface area contributed by atoms with Gasteiger partial charge < -0.3 is 9.47 Å². The number of aromatic nitrogens is 1. The van der Waals surface area contributed by atoms with Gasteiger partial charge in [0, 0.05) is 79.3 Å². The molecule has 300 valence electrons. The largest absolute Gasteiger partial charge is 0.310 e. The summed E-state index contributed by atoms with van der Waals surface area (Å²) in [7, 11) is 0. The molecule has 0 radical (unpaired) electrons. The molecule has 0 fully saturated rings. The van der Waals surface area contributed by atoms with Crippen molar-refractivity contribution in [1.29, 1.82) is 0 Å². The molecule has 64 heavy (non-hydrogen) atoms. The molecule has 4 heteroatoms. The van der Waals surface area contributed by atoms with Crippen molar-refractivity contribution in [2.24, 2.45) is 0 Å². The third-order valence-corrected chi connectivity index (χ3v) is 15.3. The first-order chi connectivity index (χ1) is 31.7. The quantitative estimate of drug-likeness (QED) is 0.155. The van der Waals surface area contributed by atoms with Crippen LogP contribution in [0, 0.1) is 0 Å². The van der Waals surface area contributed by atoms with Gasteiger partial charge in [0.1, 0.15) is 0 Å². The zero-order chi connectivity index (χ0) is 42.1. The third-order valence-electron chi connectivity index (χ3n) is 12.8. The molecule has 0 saturated carbocycles. The first-order valence-corrected chi connectivity index (χ1v) is 23.4. The molecule has 0 unspecified atom stereocenters. The van der Waals surface area contributed by atoms with Crippen LogP contribution in [0.4, 0.5) is 17.1 Å². The van der Waals surface area contributed by atoms with Gasteiger partial charge in [-0.25, -0.2) is 0 Å². The number of hydrogen-bond acceptors (Lipinski definition) is 3. The highest BCUT2D eigenvalue weighted by atomic mass is 32.1. The fourth-order valence-corrected chi connectivity index (χ4v) is 12.3. The van der Waals surface area contributed by atoms with E-state index in [1.54, 1.807) is 0 Å². The van der Waals surface area contributed by atoms with E-state index in [1.165, 1.54) is 90.0 Å². The monoisotopic (exact) mass is 850 g/mol.